The Hall–Kier alpha value is -2.26. The number of esters is 1. The van der Waals surface area contributed by atoms with Crippen LogP contribution in [0.5, 0.6) is 0 Å². The standard InChI is InChI=1S/C17H13ClO3/c1-2-20-17(19)12-5-3-11(4-6-12)15-9-13-7-8-14(18)10-16(13)21-15/h3-10H,2H2,1H3. The Labute approximate surface area is 127 Å². The fraction of sp³-hybridized carbons (Fsp3) is 0.118. The van der Waals surface area contributed by atoms with Gasteiger partial charge in [0, 0.05) is 22.0 Å². The number of hydrogen-bond acceptors (Lipinski definition) is 3. The SMILES string of the molecule is CCOC(=O)c1ccc(-c2cc3ccc(Cl)cc3o2)cc1. The molecule has 0 fully saturated rings. The molecule has 1 heterocycles. The Balaban J connectivity index is 1.93. The highest BCUT2D eigenvalue weighted by Gasteiger charge is 2.09. The van der Waals surface area contributed by atoms with E-state index in [9.17, 15) is 4.79 Å². The normalized spacial score (nSPS) is 10.8. The topological polar surface area (TPSA) is 39.4 Å². The molecular formula is C17H13ClO3. The predicted octanol–water partition coefficient (Wildman–Crippen LogP) is 4.93. The smallest absolute Gasteiger partial charge is 0.338 e. The van der Waals surface area contributed by atoms with Crippen LogP contribution in [0.15, 0.2) is 52.9 Å². The summed E-state index contributed by atoms with van der Waals surface area (Å²) in [7, 11) is 0. The van der Waals surface area contributed by atoms with Crippen molar-refractivity contribution in [1.82, 2.24) is 0 Å². The summed E-state index contributed by atoms with van der Waals surface area (Å²) in [6.45, 7) is 2.15. The lowest BCUT2D eigenvalue weighted by Crippen LogP contribution is -2.03. The van der Waals surface area contributed by atoms with Gasteiger partial charge in [-0.1, -0.05) is 23.7 Å². The van der Waals surface area contributed by atoms with E-state index < -0.39 is 0 Å². The summed E-state index contributed by atoms with van der Waals surface area (Å²) < 4.78 is 10.7. The number of ether oxygens (including phenoxy) is 1. The number of benzene rings is 2. The third kappa shape index (κ3) is 2.78. The maximum Gasteiger partial charge on any atom is 0.338 e. The summed E-state index contributed by atoms with van der Waals surface area (Å²) in [5.74, 6) is 0.420. The van der Waals surface area contributed by atoms with Gasteiger partial charge >= 0.3 is 5.97 Å². The Morgan fingerprint density at radius 2 is 1.90 bits per heavy atom. The summed E-state index contributed by atoms with van der Waals surface area (Å²) >= 11 is 5.95. The van der Waals surface area contributed by atoms with Crippen LogP contribution in [-0.2, 0) is 4.74 Å². The third-order valence-electron chi connectivity index (χ3n) is 3.16. The largest absolute Gasteiger partial charge is 0.462 e. The molecule has 4 heteroatoms. The molecule has 0 amide bonds. The van der Waals surface area contributed by atoms with Crippen LogP contribution in [0.25, 0.3) is 22.3 Å². The summed E-state index contributed by atoms with van der Waals surface area (Å²) in [5, 5.41) is 1.63. The summed E-state index contributed by atoms with van der Waals surface area (Å²) in [4.78, 5) is 11.6. The van der Waals surface area contributed by atoms with Crippen molar-refractivity contribution >= 4 is 28.5 Å². The highest BCUT2D eigenvalue weighted by molar-refractivity contribution is 6.31. The first kappa shape index (κ1) is 13.7. The highest BCUT2D eigenvalue weighted by Crippen LogP contribution is 2.29. The zero-order chi connectivity index (χ0) is 14.8. The van der Waals surface area contributed by atoms with Gasteiger partial charge in [-0.2, -0.15) is 0 Å². The zero-order valence-electron chi connectivity index (χ0n) is 11.4. The van der Waals surface area contributed by atoms with Gasteiger partial charge in [-0.25, -0.2) is 4.79 Å². The molecule has 0 spiro atoms. The lowest BCUT2D eigenvalue weighted by atomic mass is 10.1. The maximum absolute atomic E-state index is 11.6. The lowest BCUT2D eigenvalue weighted by Gasteiger charge is -2.02. The van der Waals surface area contributed by atoms with Crippen molar-refractivity contribution in [2.75, 3.05) is 6.61 Å². The molecule has 0 saturated heterocycles. The van der Waals surface area contributed by atoms with Gasteiger partial charge < -0.3 is 9.15 Å². The quantitative estimate of drug-likeness (QED) is 0.644. The van der Waals surface area contributed by atoms with Gasteiger partial charge in [0.15, 0.2) is 0 Å². The van der Waals surface area contributed by atoms with Crippen LogP contribution in [-0.4, -0.2) is 12.6 Å². The van der Waals surface area contributed by atoms with Gasteiger partial charge in [-0.05, 0) is 37.3 Å². The molecule has 0 radical (unpaired) electrons. The van der Waals surface area contributed by atoms with Crippen molar-refractivity contribution in [2.24, 2.45) is 0 Å². The number of furan rings is 1. The molecule has 0 unspecified atom stereocenters. The van der Waals surface area contributed by atoms with E-state index in [1.807, 2.05) is 30.3 Å². The first-order chi connectivity index (χ1) is 10.2. The van der Waals surface area contributed by atoms with Crippen molar-refractivity contribution in [2.45, 2.75) is 6.92 Å². The van der Waals surface area contributed by atoms with E-state index in [4.69, 9.17) is 20.8 Å². The number of carbonyl (C=O) groups excluding carboxylic acids is 1. The Morgan fingerprint density at radius 3 is 2.62 bits per heavy atom. The second-order valence-electron chi connectivity index (χ2n) is 4.59. The van der Waals surface area contributed by atoms with Gasteiger partial charge in [0.1, 0.15) is 11.3 Å². The maximum atomic E-state index is 11.6. The van der Waals surface area contributed by atoms with Crippen LogP contribution >= 0.6 is 11.6 Å². The van der Waals surface area contributed by atoms with E-state index in [1.54, 1.807) is 25.1 Å². The van der Waals surface area contributed by atoms with E-state index in [0.717, 1.165) is 22.3 Å². The molecular weight excluding hydrogens is 288 g/mol. The average Bonchev–Trinajstić information content (AvgIpc) is 2.90. The van der Waals surface area contributed by atoms with Crippen molar-refractivity contribution in [1.29, 1.82) is 0 Å². The molecule has 0 bridgehead atoms. The van der Waals surface area contributed by atoms with Crippen LogP contribution < -0.4 is 0 Å². The number of fused-ring (bicyclic) bond motifs is 1. The van der Waals surface area contributed by atoms with E-state index >= 15 is 0 Å². The van der Waals surface area contributed by atoms with E-state index in [0.29, 0.717) is 17.2 Å². The summed E-state index contributed by atoms with van der Waals surface area (Å²) in [6.07, 6.45) is 0. The van der Waals surface area contributed by atoms with Crippen LogP contribution in [0, 0.1) is 0 Å². The summed E-state index contributed by atoms with van der Waals surface area (Å²) in [5.41, 5.74) is 2.17. The van der Waals surface area contributed by atoms with Crippen LogP contribution in [0.1, 0.15) is 17.3 Å². The molecule has 0 N–H and O–H groups in total. The molecule has 1 aromatic heterocycles. The number of carbonyl (C=O) groups is 1. The average molecular weight is 301 g/mol. The van der Waals surface area contributed by atoms with E-state index in [2.05, 4.69) is 0 Å². The minimum Gasteiger partial charge on any atom is -0.462 e. The Morgan fingerprint density at radius 1 is 1.14 bits per heavy atom. The molecule has 0 saturated carbocycles. The van der Waals surface area contributed by atoms with Gasteiger partial charge in [-0.3, -0.25) is 0 Å². The monoisotopic (exact) mass is 300 g/mol. The second-order valence-corrected chi connectivity index (χ2v) is 5.03. The first-order valence-corrected chi connectivity index (χ1v) is 7.02. The van der Waals surface area contributed by atoms with E-state index in [-0.39, 0.29) is 5.97 Å². The van der Waals surface area contributed by atoms with Crippen LogP contribution in [0.4, 0.5) is 0 Å². The summed E-state index contributed by atoms with van der Waals surface area (Å²) in [6, 6.07) is 14.6. The van der Waals surface area contributed by atoms with Crippen molar-refractivity contribution in [3.63, 3.8) is 0 Å². The van der Waals surface area contributed by atoms with E-state index in [1.165, 1.54) is 0 Å². The van der Waals surface area contributed by atoms with Crippen molar-refractivity contribution < 1.29 is 13.9 Å². The Kier molecular flexibility index (Phi) is 3.67. The van der Waals surface area contributed by atoms with Gasteiger partial charge in [0.05, 0.1) is 12.2 Å². The highest BCUT2D eigenvalue weighted by atomic mass is 35.5. The molecule has 21 heavy (non-hydrogen) atoms. The first-order valence-electron chi connectivity index (χ1n) is 6.64. The van der Waals surface area contributed by atoms with Crippen LogP contribution in [0.2, 0.25) is 5.02 Å². The molecule has 106 valence electrons. The zero-order valence-corrected chi connectivity index (χ0v) is 12.2. The third-order valence-corrected chi connectivity index (χ3v) is 3.40. The number of hydrogen-bond donors (Lipinski definition) is 0. The fourth-order valence-corrected chi connectivity index (χ4v) is 2.29. The van der Waals surface area contributed by atoms with Crippen molar-refractivity contribution in [3.8, 4) is 11.3 Å². The molecule has 0 aliphatic heterocycles. The lowest BCUT2D eigenvalue weighted by molar-refractivity contribution is 0.0526. The molecule has 3 rings (SSSR count). The minimum absolute atomic E-state index is 0.319. The number of rotatable bonds is 3. The molecule has 0 aliphatic carbocycles. The molecule has 2 aromatic carbocycles. The van der Waals surface area contributed by atoms with Gasteiger partial charge in [0.2, 0.25) is 0 Å². The Bertz CT molecular complexity index is 787. The minimum atomic E-state index is -0.319. The molecule has 3 aromatic rings. The fourth-order valence-electron chi connectivity index (χ4n) is 2.13. The predicted molar refractivity (Wildman–Crippen MR) is 82.6 cm³/mol. The number of halogens is 1. The molecule has 3 nitrogen and oxygen atoms in total. The second kappa shape index (κ2) is 5.62. The van der Waals surface area contributed by atoms with Gasteiger partial charge in [0.25, 0.3) is 0 Å². The molecule has 0 aliphatic rings. The van der Waals surface area contributed by atoms with Crippen molar-refractivity contribution in [3.05, 3.63) is 59.1 Å². The molecule has 0 atom stereocenters. The van der Waals surface area contributed by atoms with Crippen LogP contribution in [0.3, 0.4) is 0 Å². The van der Waals surface area contributed by atoms with Gasteiger partial charge in [-0.15, -0.1) is 0 Å².